The van der Waals surface area contributed by atoms with Crippen LogP contribution >= 0.6 is 0 Å². The second kappa shape index (κ2) is 8.35. The highest BCUT2D eigenvalue weighted by atomic mass is 16.5. The van der Waals surface area contributed by atoms with Crippen molar-refractivity contribution in [2.24, 2.45) is 0 Å². The molecular formula is C24H26N6O. The molecule has 1 aliphatic rings. The number of hydrogen-bond donors (Lipinski definition) is 1. The number of nitrogens with one attached hydrogen (secondary N) is 1. The number of hydrogen-bond acceptors (Lipinski definition) is 6. The lowest BCUT2D eigenvalue weighted by molar-refractivity contribution is 0.403. The van der Waals surface area contributed by atoms with E-state index >= 15 is 0 Å². The molecule has 3 heterocycles. The molecule has 158 valence electrons. The fraction of sp³-hybridized carbons (Fsp3) is 0.292. The first-order chi connectivity index (χ1) is 15.3. The summed E-state index contributed by atoms with van der Waals surface area (Å²) in [5.74, 6) is 1.20. The first-order valence-corrected chi connectivity index (χ1v) is 10.7. The minimum Gasteiger partial charge on any atom is -0.480 e. The molecule has 1 N–H and O–H groups in total. The minimum atomic E-state index is 0.560. The molecule has 0 spiro atoms. The second-order valence-electron chi connectivity index (χ2n) is 7.59. The Morgan fingerprint density at radius 1 is 0.935 bits per heavy atom. The fourth-order valence-electron chi connectivity index (χ4n) is 4.07. The molecule has 2 aromatic heterocycles. The number of benzene rings is 2. The smallest absolute Gasteiger partial charge is 0.228 e. The summed E-state index contributed by atoms with van der Waals surface area (Å²) in [6.45, 7) is 6.15. The van der Waals surface area contributed by atoms with Crippen molar-refractivity contribution in [3.63, 3.8) is 0 Å². The Morgan fingerprint density at radius 2 is 1.68 bits per heavy atom. The Hall–Kier alpha value is -3.45. The zero-order valence-electron chi connectivity index (χ0n) is 17.9. The molecule has 0 saturated carbocycles. The van der Waals surface area contributed by atoms with Crippen LogP contribution in [0.15, 0.2) is 54.6 Å². The van der Waals surface area contributed by atoms with Gasteiger partial charge in [-0.05, 0) is 42.8 Å². The van der Waals surface area contributed by atoms with Crippen molar-refractivity contribution in [1.29, 1.82) is 0 Å². The quantitative estimate of drug-likeness (QED) is 0.539. The van der Waals surface area contributed by atoms with Crippen LogP contribution in [0.1, 0.15) is 12.6 Å². The lowest BCUT2D eigenvalue weighted by atomic mass is 10.1. The van der Waals surface area contributed by atoms with Gasteiger partial charge in [-0.3, -0.25) is 0 Å². The van der Waals surface area contributed by atoms with Gasteiger partial charge >= 0.3 is 0 Å². The fourth-order valence-corrected chi connectivity index (χ4v) is 4.07. The second-order valence-corrected chi connectivity index (χ2v) is 7.59. The first kappa shape index (κ1) is 19.5. The van der Waals surface area contributed by atoms with Gasteiger partial charge in [-0.1, -0.05) is 25.1 Å². The SMILES string of the molecule is CCc1nn(-c2ccccc2)c2nc(-c3ccc(N4CCNCC4)cc3)nc(OC)c12. The standard InChI is InChI=1S/C24H26N6O/c1-3-20-21-23(30(28-20)19-7-5-4-6-8-19)26-22(27-24(21)31-2)17-9-11-18(12-10-17)29-15-13-25-14-16-29/h4-12,25H,3,13-16H2,1-2H3. The molecule has 1 aliphatic heterocycles. The van der Waals surface area contributed by atoms with Gasteiger partial charge in [0.05, 0.1) is 18.5 Å². The highest BCUT2D eigenvalue weighted by Crippen LogP contribution is 2.31. The molecule has 1 fully saturated rings. The Bertz CT molecular complexity index is 1180. The summed E-state index contributed by atoms with van der Waals surface area (Å²) in [5, 5.41) is 9.08. The van der Waals surface area contributed by atoms with Crippen LogP contribution in [0.4, 0.5) is 5.69 Å². The van der Waals surface area contributed by atoms with E-state index in [4.69, 9.17) is 19.8 Å². The van der Waals surface area contributed by atoms with Gasteiger partial charge in [0.1, 0.15) is 5.39 Å². The third kappa shape index (κ3) is 3.61. The maximum atomic E-state index is 5.68. The largest absolute Gasteiger partial charge is 0.480 e. The number of methoxy groups -OCH3 is 1. The number of piperazine rings is 1. The van der Waals surface area contributed by atoms with Crippen molar-refractivity contribution in [3.8, 4) is 23.0 Å². The molecule has 0 atom stereocenters. The maximum Gasteiger partial charge on any atom is 0.228 e. The lowest BCUT2D eigenvalue weighted by Gasteiger charge is -2.29. The van der Waals surface area contributed by atoms with Crippen molar-refractivity contribution >= 4 is 16.7 Å². The Labute approximate surface area is 181 Å². The highest BCUT2D eigenvalue weighted by Gasteiger charge is 2.20. The topological polar surface area (TPSA) is 68.1 Å². The van der Waals surface area contributed by atoms with Gasteiger partial charge in [-0.15, -0.1) is 0 Å². The Kier molecular flexibility index (Phi) is 5.26. The summed E-state index contributed by atoms with van der Waals surface area (Å²) in [5.41, 5.74) is 4.83. The summed E-state index contributed by atoms with van der Waals surface area (Å²) in [7, 11) is 1.65. The van der Waals surface area contributed by atoms with E-state index in [-0.39, 0.29) is 0 Å². The number of aryl methyl sites for hydroxylation is 1. The van der Waals surface area contributed by atoms with Crippen LogP contribution in [-0.2, 0) is 6.42 Å². The number of rotatable bonds is 5. The maximum absolute atomic E-state index is 5.68. The van der Waals surface area contributed by atoms with Gasteiger partial charge in [-0.2, -0.15) is 10.1 Å². The van der Waals surface area contributed by atoms with E-state index < -0.39 is 0 Å². The van der Waals surface area contributed by atoms with Gasteiger partial charge < -0.3 is 15.0 Å². The van der Waals surface area contributed by atoms with Crippen molar-refractivity contribution in [2.75, 3.05) is 38.2 Å². The number of fused-ring (bicyclic) bond motifs is 1. The lowest BCUT2D eigenvalue weighted by Crippen LogP contribution is -2.43. The van der Waals surface area contributed by atoms with Crippen LogP contribution in [0.5, 0.6) is 5.88 Å². The average Bonchev–Trinajstić information content (AvgIpc) is 3.23. The van der Waals surface area contributed by atoms with E-state index in [0.717, 1.165) is 60.6 Å². The van der Waals surface area contributed by atoms with Crippen LogP contribution in [0, 0.1) is 0 Å². The summed E-state index contributed by atoms with van der Waals surface area (Å²) >= 11 is 0. The van der Waals surface area contributed by atoms with Crippen LogP contribution in [0.2, 0.25) is 0 Å². The molecule has 0 amide bonds. The van der Waals surface area contributed by atoms with Crippen molar-refractivity contribution in [1.82, 2.24) is 25.1 Å². The molecule has 5 rings (SSSR count). The predicted octanol–water partition coefficient (Wildman–Crippen LogP) is 3.46. The van der Waals surface area contributed by atoms with Crippen molar-refractivity contribution in [2.45, 2.75) is 13.3 Å². The van der Waals surface area contributed by atoms with Gasteiger partial charge in [0.25, 0.3) is 0 Å². The van der Waals surface area contributed by atoms with E-state index in [1.165, 1.54) is 5.69 Å². The van der Waals surface area contributed by atoms with Gasteiger partial charge in [0.15, 0.2) is 11.5 Å². The summed E-state index contributed by atoms with van der Waals surface area (Å²) in [6.07, 6.45) is 0.773. The van der Waals surface area contributed by atoms with E-state index in [1.807, 2.05) is 35.0 Å². The van der Waals surface area contributed by atoms with E-state index in [2.05, 4.69) is 41.4 Å². The monoisotopic (exact) mass is 414 g/mol. The normalized spacial score (nSPS) is 14.2. The van der Waals surface area contributed by atoms with E-state index in [1.54, 1.807) is 7.11 Å². The molecule has 0 unspecified atom stereocenters. The molecule has 2 aromatic carbocycles. The first-order valence-electron chi connectivity index (χ1n) is 10.7. The molecule has 7 heteroatoms. The molecule has 0 aliphatic carbocycles. The molecule has 0 radical (unpaired) electrons. The van der Waals surface area contributed by atoms with Crippen molar-refractivity contribution < 1.29 is 4.74 Å². The molecule has 1 saturated heterocycles. The number of anilines is 1. The zero-order chi connectivity index (χ0) is 21.2. The number of aromatic nitrogens is 4. The summed E-state index contributed by atoms with van der Waals surface area (Å²) < 4.78 is 7.57. The molecular weight excluding hydrogens is 388 g/mol. The minimum absolute atomic E-state index is 0.560. The number of nitrogens with zero attached hydrogens (tertiary/aromatic N) is 5. The summed E-state index contributed by atoms with van der Waals surface area (Å²) in [4.78, 5) is 12.1. The van der Waals surface area contributed by atoms with Crippen LogP contribution in [0.3, 0.4) is 0 Å². The van der Waals surface area contributed by atoms with E-state index in [9.17, 15) is 0 Å². The summed E-state index contributed by atoms with van der Waals surface area (Å²) in [6, 6.07) is 18.5. The van der Waals surface area contributed by atoms with Gasteiger partial charge in [0.2, 0.25) is 5.88 Å². The predicted molar refractivity (Wildman–Crippen MR) is 123 cm³/mol. The Morgan fingerprint density at radius 3 is 2.35 bits per heavy atom. The zero-order valence-corrected chi connectivity index (χ0v) is 17.9. The third-order valence-electron chi connectivity index (χ3n) is 5.70. The average molecular weight is 415 g/mol. The Balaban J connectivity index is 1.61. The van der Waals surface area contributed by atoms with Crippen LogP contribution < -0.4 is 15.0 Å². The van der Waals surface area contributed by atoms with Gasteiger partial charge in [-0.25, -0.2) is 9.67 Å². The molecule has 4 aromatic rings. The van der Waals surface area contributed by atoms with Crippen LogP contribution in [-0.4, -0.2) is 53.0 Å². The highest BCUT2D eigenvalue weighted by molar-refractivity contribution is 5.86. The number of ether oxygens (including phenoxy) is 1. The van der Waals surface area contributed by atoms with E-state index in [0.29, 0.717) is 11.7 Å². The number of para-hydroxylation sites is 1. The van der Waals surface area contributed by atoms with Crippen molar-refractivity contribution in [3.05, 3.63) is 60.3 Å². The third-order valence-corrected chi connectivity index (χ3v) is 5.70. The molecule has 31 heavy (non-hydrogen) atoms. The van der Waals surface area contributed by atoms with Crippen LogP contribution in [0.25, 0.3) is 28.1 Å². The molecule has 7 nitrogen and oxygen atoms in total. The van der Waals surface area contributed by atoms with Gasteiger partial charge in [0, 0.05) is 37.4 Å². The molecule has 0 bridgehead atoms.